The maximum Gasteiger partial charge on any atom is 0.00470 e. The van der Waals surface area contributed by atoms with Gasteiger partial charge in [0.15, 0.2) is 0 Å². The van der Waals surface area contributed by atoms with E-state index < -0.39 is 0 Å². The van der Waals surface area contributed by atoms with E-state index in [0.29, 0.717) is 5.41 Å². The van der Waals surface area contributed by atoms with E-state index in [9.17, 15) is 0 Å². The SMILES string of the molecule is CCC(CC)(CNCC(C)C)CN(C)CC1CCCCC1. The van der Waals surface area contributed by atoms with E-state index in [1.54, 1.807) is 0 Å². The Kier molecular flexibility index (Phi) is 8.89. The summed E-state index contributed by atoms with van der Waals surface area (Å²) in [6.07, 6.45) is 9.87. The highest BCUT2D eigenvalue weighted by Gasteiger charge is 2.28. The first kappa shape index (κ1) is 19.0. The third kappa shape index (κ3) is 7.15. The van der Waals surface area contributed by atoms with Crippen LogP contribution in [0.5, 0.6) is 0 Å². The maximum atomic E-state index is 3.71. The predicted octanol–water partition coefficient (Wildman–Crippen LogP) is 4.55. The number of nitrogens with one attached hydrogen (secondary N) is 1. The van der Waals surface area contributed by atoms with Gasteiger partial charge in [-0.25, -0.2) is 0 Å². The fourth-order valence-electron chi connectivity index (χ4n) is 3.85. The number of hydrogen-bond donors (Lipinski definition) is 1. The molecule has 0 amide bonds. The van der Waals surface area contributed by atoms with Gasteiger partial charge in [0.25, 0.3) is 0 Å². The van der Waals surface area contributed by atoms with Crippen LogP contribution in [0.4, 0.5) is 0 Å². The number of hydrogen-bond acceptors (Lipinski definition) is 2. The third-order valence-electron chi connectivity index (χ3n) is 5.45. The van der Waals surface area contributed by atoms with Gasteiger partial charge >= 0.3 is 0 Å². The minimum atomic E-state index is 0.457. The molecule has 1 N–H and O–H groups in total. The molecule has 0 spiro atoms. The summed E-state index contributed by atoms with van der Waals surface area (Å²) in [5.41, 5.74) is 0.457. The molecular weight excluding hydrogens is 256 g/mol. The fourth-order valence-corrected chi connectivity index (χ4v) is 3.85. The molecule has 0 radical (unpaired) electrons. The molecule has 0 aromatic rings. The summed E-state index contributed by atoms with van der Waals surface area (Å²) in [5.74, 6) is 1.70. The summed E-state index contributed by atoms with van der Waals surface area (Å²) in [4.78, 5) is 2.63. The van der Waals surface area contributed by atoms with Gasteiger partial charge in [0, 0.05) is 19.6 Å². The highest BCUT2D eigenvalue weighted by atomic mass is 15.1. The normalized spacial score (nSPS) is 17.9. The van der Waals surface area contributed by atoms with Gasteiger partial charge in [0.1, 0.15) is 0 Å². The van der Waals surface area contributed by atoms with Gasteiger partial charge in [0.05, 0.1) is 0 Å². The van der Waals surface area contributed by atoms with E-state index in [1.807, 2.05) is 0 Å². The molecule has 1 aliphatic rings. The van der Waals surface area contributed by atoms with E-state index in [0.717, 1.165) is 18.4 Å². The van der Waals surface area contributed by atoms with Crippen molar-refractivity contribution < 1.29 is 0 Å². The molecule has 1 saturated carbocycles. The summed E-state index contributed by atoms with van der Waals surface area (Å²) in [6, 6.07) is 0. The van der Waals surface area contributed by atoms with Crippen molar-refractivity contribution in [2.24, 2.45) is 17.3 Å². The monoisotopic (exact) mass is 296 g/mol. The van der Waals surface area contributed by atoms with Crippen molar-refractivity contribution in [3.05, 3.63) is 0 Å². The van der Waals surface area contributed by atoms with Crippen molar-refractivity contribution in [2.45, 2.75) is 72.6 Å². The minimum absolute atomic E-state index is 0.457. The van der Waals surface area contributed by atoms with Crippen LogP contribution in [0.1, 0.15) is 72.6 Å². The Morgan fingerprint density at radius 2 is 1.71 bits per heavy atom. The van der Waals surface area contributed by atoms with Crippen molar-refractivity contribution in [3.63, 3.8) is 0 Å². The first-order valence-electron chi connectivity index (χ1n) is 9.40. The van der Waals surface area contributed by atoms with Crippen molar-refractivity contribution in [2.75, 3.05) is 33.2 Å². The topological polar surface area (TPSA) is 15.3 Å². The van der Waals surface area contributed by atoms with Gasteiger partial charge in [-0.3, -0.25) is 0 Å². The van der Waals surface area contributed by atoms with Gasteiger partial charge in [-0.1, -0.05) is 47.0 Å². The zero-order valence-electron chi connectivity index (χ0n) is 15.4. The first-order valence-corrected chi connectivity index (χ1v) is 9.40. The Balaban J connectivity index is 2.42. The molecule has 0 unspecified atom stereocenters. The molecular formula is C19H40N2. The Hall–Kier alpha value is -0.0800. The van der Waals surface area contributed by atoms with Crippen molar-refractivity contribution in [3.8, 4) is 0 Å². The van der Waals surface area contributed by atoms with Crippen LogP contribution >= 0.6 is 0 Å². The predicted molar refractivity (Wildman–Crippen MR) is 94.8 cm³/mol. The summed E-state index contributed by atoms with van der Waals surface area (Å²) in [5, 5.41) is 3.71. The largest absolute Gasteiger partial charge is 0.316 e. The van der Waals surface area contributed by atoms with E-state index in [-0.39, 0.29) is 0 Å². The molecule has 0 heterocycles. The molecule has 2 heteroatoms. The van der Waals surface area contributed by atoms with Crippen LogP contribution in [-0.2, 0) is 0 Å². The van der Waals surface area contributed by atoms with Crippen LogP contribution in [0.3, 0.4) is 0 Å². The van der Waals surface area contributed by atoms with Gasteiger partial charge in [-0.15, -0.1) is 0 Å². The molecule has 0 aromatic carbocycles. The molecule has 1 rings (SSSR count). The zero-order chi connectivity index (χ0) is 15.7. The molecule has 2 nitrogen and oxygen atoms in total. The lowest BCUT2D eigenvalue weighted by atomic mass is 9.81. The van der Waals surface area contributed by atoms with E-state index in [4.69, 9.17) is 0 Å². The zero-order valence-corrected chi connectivity index (χ0v) is 15.4. The number of rotatable bonds is 10. The van der Waals surface area contributed by atoms with E-state index >= 15 is 0 Å². The quantitative estimate of drug-likeness (QED) is 0.636. The molecule has 126 valence electrons. The second-order valence-corrected chi connectivity index (χ2v) is 7.93. The van der Waals surface area contributed by atoms with Crippen molar-refractivity contribution >= 4 is 0 Å². The van der Waals surface area contributed by atoms with Crippen molar-refractivity contribution in [1.29, 1.82) is 0 Å². The Bertz CT molecular complexity index is 252. The molecule has 0 aromatic heterocycles. The number of nitrogens with zero attached hydrogens (tertiary/aromatic N) is 1. The van der Waals surface area contributed by atoms with E-state index in [1.165, 1.54) is 64.6 Å². The van der Waals surface area contributed by atoms with Crippen LogP contribution in [0.25, 0.3) is 0 Å². The van der Waals surface area contributed by atoms with Gasteiger partial charge in [-0.2, -0.15) is 0 Å². The molecule has 0 bridgehead atoms. The average Bonchev–Trinajstić information content (AvgIpc) is 2.46. The maximum absolute atomic E-state index is 3.71. The van der Waals surface area contributed by atoms with Crippen molar-refractivity contribution in [1.82, 2.24) is 10.2 Å². The first-order chi connectivity index (χ1) is 10.0. The Morgan fingerprint density at radius 1 is 1.10 bits per heavy atom. The molecule has 0 saturated heterocycles. The molecule has 0 atom stereocenters. The second kappa shape index (κ2) is 9.84. The highest BCUT2D eigenvalue weighted by molar-refractivity contribution is 4.83. The standard InChI is InChI=1S/C19H40N2/c1-6-19(7-2,15-20-13-17(3)4)16-21(5)14-18-11-9-8-10-12-18/h17-18,20H,6-16H2,1-5H3. The molecule has 0 aliphatic heterocycles. The molecule has 1 aliphatic carbocycles. The minimum Gasteiger partial charge on any atom is -0.316 e. The lowest BCUT2D eigenvalue weighted by Crippen LogP contribution is -2.44. The third-order valence-corrected chi connectivity index (χ3v) is 5.45. The molecule has 21 heavy (non-hydrogen) atoms. The van der Waals surface area contributed by atoms with Gasteiger partial charge in [-0.05, 0) is 56.5 Å². The van der Waals surface area contributed by atoms with Crippen LogP contribution in [0.15, 0.2) is 0 Å². The lowest BCUT2D eigenvalue weighted by Gasteiger charge is -2.38. The average molecular weight is 297 g/mol. The molecule has 1 fully saturated rings. The highest BCUT2D eigenvalue weighted by Crippen LogP contribution is 2.29. The summed E-state index contributed by atoms with van der Waals surface area (Å²) in [7, 11) is 2.34. The van der Waals surface area contributed by atoms with E-state index in [2.05, 4.69) is 45.0 Å². The second-order valence-electron chi connectivity index (χ2n) is 7.93. The summed E-state index contributed by atoms with van der Waals surface area (Å²) >= 11 is 0. The lowest BCUT2D eigenvalue weighted by molar-refractivity contribution is 0.131. The summed E-state index contributed by atoms with van der Waals surface area (Å²) in [6.45, 7) is 14.2. The van der Waals surface area contributed by atoms with Gasteiger partial charge < -0.3 is 10.2 Å². The van der Waals surface area contributed by atoms with Crippen LogP contribution in [0, 0.1) is 17.3 Å². The Morgan fingerprint density at radius 3 is 2.24 bits per heavy atom. The van der Waals surface area contributed by atoms with Crippen LogP contribution in [-0.4, -0.2) is 38.1 Å². The van der Waals surface area contributed by atoms with Crippen LogP contribution < -0.4 is 5.32 Å². The smallest absolute Gasteiger partial charge is 0.00470 e. The fraction of sp³-hybridized carbons (Fsp3) is 1.00. The Labute approximate surface area is 134 Å². The van der Waals surface area contributed by atoms with Crippen LogP contribution in [0.2, 0.25) is 0 Å². The summed E-state index contributed by atoms with van der Waals surface area (Å²) < 4.78 is 0. The van der Waals surface area contributed by atoms with Gasteiger partial charge in [0.2, 0.25) is 0 Å².